The molecule has 0 saturated heterocycles. The molecular weight excluding hydrogens is 328 g/mol. The number of furan rings is 1. The van der Waals surface area contributed by atoms with Crippen LogP contribution >= 0.6 is 27.5 Å². The Labute approximate surface area is 126 Å². The Morgan fingerprint density at radius 2 is 2.21 bits per heavy atom. The second-order valence-corrected chi connectivity index (χ2v) is 5.73. The zero-order chi connectivity index (χ0) is 13.8. The SMILES string of the molecule is CN(Cc1ccoc1)C(CN)c1ccc(Br)c(Cl)c1. The van der Waals surface area contributed by atoms with E-state index in [9.17, 15) is 0 Å². The Kier molecular flexibility index (Phi) is 5.05. The normalized spacial score (nSPS) is 12.9. The van der Waals surface area contributed by atoms with Gasteiger partial charge in [-0.1, -0.05) is 17.7 Å². The molecule has 0 radical (unpaired) electrons. The van der Waals surface area contributed by atoms with Crippen LogP contribution in [0.15, 0.2) is 45.7 Å². The molecule has 19 heavy (non-hydrogen) atoms. The fourth-order valence-corrected chi connectivity index (χ4v) is 2.51. The molecule has 1 aromatic heterocycles. The number of rotatable bonds is 5. The Hall–Kier alpha value is -0.810. The van der Waals surface area contributed by atoms with Gasteiger partial charge in [0.05, 0.1) is 17.5 Å². The van der Waals surface area contributed by atoms with Crippen LogP contribution in [0.3, 0.4) is 0 Å². The highest BCUT2D eigenvalue weighted by atomic mass is 79.9. The number of nitrogens with zero attached hydrogens (tertiary/aromatic N) is 1. The van der Waals surface area contributed by atoms with Crippen LogP contribution in [0.25, 0.3) is 0 Å². The first kappa shape index (κ1) is 14.6. The molecule has 0 saturated carbocycles. The molecule has 2 aromatic rings. The van der Waals surface area contributed by atoms with Crippen molar-refractivity contribution in [2.75, 3.05) is 13.6 Å². The average Bonchev–Trinajstić information content (AvgIpc) is 2.87. The standard InChI is InChI=1S/C14H16BrClN2O/c1-18(8-10-4-5-19-9-10)14(7-17)11-2-3-12(15)13(16)6-11/h2-6,9,14H,7-8,17H2,1H3. The molecule has 1 heterocycles. The number of likely N-dealkylation sites (N-methyl/N-ethyl adjacent to an activating group) is 1. The van der Waals surface area contributed by atoms with Crippen molar-refractivity contribution in [3.8, 4) is 0 Å². The maximum atomic E-state index is 6.14. The van der Waals surface area contributed by atoms with Crippen molar-refractivity contribution in [2.45, 2.75) is 12.6 Å². The molecule has 1 unspecified atom stereocenters. The Bertz CT molecular complexity index is 530. The molecule has 3 nitrogen and oxygen atoms in total. The quantitative estimate of drug-likeness (QED) is 0.897. The van der Waals surface area contributed by atoms with E-state index < -0.39 is 0 Å². The molecule has 0 spiro atoms. The summed E-state index contributed by atoms with van der Waals surface area (Å²) in [7, 11) is 2.04. The van der Waals surface area contributed by atoms with Gasteiger partial charge in [-0.15, -0.1) is 0 Å². The maximum Gasteiger partial charge on any atom is 0.0947 e. The largest absolute Gasteiger partial charge is 0.472 e. The third-order valence-electron chi connectivity index (χ3n) is 3.10. The monoisotopic (exact) mass is 342 g/mol. The molecule has 2 rings (SSSR count). The van der Waals surface area contributed by atoms with Gasteiger partial charge in [-0.25, -0.2) is 0 Å². The van der Waals surface area contributed by atoms with Gasteiger partial charge in [-0.3, -0.25) is 4.90 Å². The number of hydrogen-bond donors (Lipinski definition) is 1. The number of hydrogen-bond acceptors (Lipinski definition) is 3. The minimum Gasteiger partial charge on any atom is -0.472 e. The van der Waals surface area contributed by atoms with Gasteiger partial charge in [0.15, 0.2) is 0 Å². The highest BCUT2D eigenvalue weighted by Gasteiger charge is 2.17. The van der Waals surface area contributed by atoms with Crippen LogP contribution in [0.1, 0.15) is 17.2 Å². The lowest BCUT2D eigenvalue weighted by Gasteiger charge is -2.27. The van der Waals surface area contributed by atoms with Gasteiger partial charge < -0.3 is 10.2 Å². The molecule has 0 bridgehead atoms. The molecule has 0 aliphatic carbocycles. The van der Waals surface area contributed by atoms with Crippen molar-refractivity contribution in [3.63, 3.8) is 0 Å². The van der Waals surface area contributed by atoms with Crippen LogP contribution in [-0.2, 0) is 6.54 Å². The molecule has 1 atom stereocenters. The maximum absolute atomic E-state index is 6.14. The van der Waals surface area contributed by atoms with E-state index in [1.54, 1.807) is 12.5 Å². The van der Waals surface area contributed by atoms with E-state index in [0.717, 1.165) is 22.1 Å². The van der Waals surface area contributed by atoms with E-state index >= 15 is 0 Å². The van der Waals surface area contributed by atoms with E-state index in [4.69, 9.17) is 21.8 Å². The van der Waals surface area contributed by atoms with E-state index in [0.29, 0.717) is 11.6 Å². The first-order chi connectivity index (χ1) is 9.11. The van der Waals surface area contributed by atoms with Crippen molar-refractivity contribution < 1.29 is 4.42 Å². The van der Waals surface area contributed by atoms with Gasteiger partial charge in [0, 0.05) is 29.2 Å². The molecule has 2 N–H and O–H groups in total. The van der Waals surface area contributed by atoms with E-state index in [1.807, 2.05) is 31.3 Å². The molecule has 0 amide bonds. The summed E-state index contributed by atoms with van der Waals surface area (Å²) in [4.78, 5) is 2.18. The predicted molar refractivity (Wildman–Crippen MR) is 81.1 cm³/mol. The van der Waals surface area contributed by atoms with Crippen LogP contribution in [0.2, 0.25) is 5.02 Å². The lowest BCUT2D eigenvalue weighted by Crippen LogP contribution is -2.30. The highest BCUT2D eigenvalue weighted by Crippen LogP contribution is 2.28. The van der Waals surface area contributed by atoms with Crippen LogP contribution in [0, 0.1) is 0 Å². The van der Waals surface area contributed by atoms with Crippen LogP contribution in [-0.4, -0.2) is 18.5 Å². The molecule has 0 aliphatic heterocycles. The van der Waals surface area contributed by atoms with Crippen molar-refractivity contribution >= 4 is 27.5 Å². The number of nitrogens with two attached hydrogens (primary N) is 1. The minimum absolute atomic E-state index is 0.125. The Morgan fingerprint density at radius 1 is 1.42 bits per heavy atom. The summed E-state index contributed by atoms with van der Waals surface area (Å²) in [5.74, 6) is 0. The van der Waals surface area contributed by atoms with Crippen LogP contribution in [0.5, 0.6) is 0 Å². The lowest BCUT2D eigenvalue weighted by atomic mass is 10.1. The Morgan fingerprint density at radius 3 is 2.79 bits per heavy atom. The topological polar surface area (TPSA) is 42.4 Å². The number of benzene rings is 1. The first-order valence-corrected chi connectivity index (χ1v) is 7.15. The molecule has 102 valence electrons. The zero-order valence-corrected chi connectivity index (χ0v) is 13.0. The summed E-state index contributed by atoms with van der Waals surface area (Å²) in [6.07, 6.45) is 3.43. The summed E-state index contributed by atoms with van der Waals surface area (Å²) in [5, 5.41) is 0.702. The van der Waals surface area contributed by atoms with Gasteiger partial charge in [0.2, 0.25) is 0 Å². The van der Waals surface area contributed by atoms with Gasteiger partial charge >= 0.3 is 0 Å². The first-order valence-electron chi connectivity index (χ1n) is 5.98. The summed E-state index contributed by atoms with van der Waals surface area (Å²) in [5.41, 5.74) is 8.14. The van der Waals surface area contributed by atoms with Crippen molar-refractivity contribution in [1.29, 1.82) is 0 Å². The second-order valence-electron chi connectivity index (χ2n) is 4.47. The molecule has 1 aromatic carbocycles. The van der Waals surface area contributed by atoms with E-state index in [2.05, 4.69) is 20.8 Å². The smallest absolute Gasteiger partial charge is 0.0947 e. The summed E-state index contributed by atoms with van der Waals surface area (Å²) in [6.45, 7) is 1.32. The summed E-state index contributed by atoms with van der Waals surface area (Å²) >= 11 is 9.54. The van der Waals surface area contributed by atoms with Crippen molar-refractivity contribution in [3.05, 3.63) is 57.4 Å². The lowest BCUT2D eigenvalue weighted by molar-refractivity contribution is 0.241. The average molecular weight is 344 g/mol. The van der Waals surface area contributed by atoms with Gasteiger partial charge in [-0.2, -0.15) is 0 Å². The highest BCUT2D eigenvalue weighted by molar-refractivity contribution is 9.10. The van der Waals surface area contributed by atoms with Gasteiger partial charge in [0.25, 0.3) is 0 Å². The molecule has 5 heteroatoms. The fraction of sp³-hybridized carbons (Fsp3) is 0.286. The number of halogens is 2. The van der Waals surface area contributed by atoms with E-state index in [-0.39, 0.29) is 6.04 Å². The van der Waals surface area contributed by atoms with Crippen LogP contribution < -0.4 is 5.73 Å². The summed E-state index contributed by atoms with van der Waals surface area (Å²) < 4.78 is 5.98. The van der Waals surface area contributed by atoms with E-state index in [1.165, 1.54) is 0 Å². The van der Waals surface area contributed by atoms with Crippen LogP contribution in [0.4, 0.5) is 0 Å². The zero-order valence-electron chi connectivity index (χ0n) is 10.6. The third kappa shape index (κ3) is 3.60. The van der Waals surface area contributed by atoms with Crippen molar-refractivity contribution in [1.82, 2.24) is 4.90 Å². The second kappa shape index (κ2) is 6.57. The van der Waals surface area contributed by atoms with Gasteiger partial charge in [0.1, 0.15) is 0 Å². The predicted octanol–water partition coefficient (Wildman–Crippen LogP) is 3.83. The van der Waals surface area contributed by atoms with Gasteiger partial charge in [-0.05, 0) is 46.7 Å². The molecule has 0 aliphatic rings. The summed E-state index contributed by atoms with van der Waals surface area (Å²) in [6, 6.07) is 8.03. The molecular formula is C14H16BrClN2O. The minimum atomic E-state index is 0.125. The third-order valence-corrected chi connectivity index (χ3v) is 4.33. The Balaban J connectivity index is 2.16. The molecule has 0 fully saturated rings. The fourth-order valence-electron chi connectivity index (χ4n) is 2.07. The van der Waals surface area contributed by atoms with Crippen molar-refractivity contribution in [2.24, 2.45) is 5.73 Å².